The number of rotatable bonds is 2. The fraction of sp³-hybridized carbons (Fsp3) is 0.583. The van der Waals surface area contributed by atoms with Crippen molar-refractivity contribution in [3.8, 4) is 0 Å². The highest BCUT2D eigenvalue weighted by Gasteiger charge is 2.59. The van der Waals surface area contributed by atoms with Crippen LogP contribution >= 0.6 is 0 Å². The maximum Gasteiger partial charge on any atom is 0.222 e. The van der Waals surface area contributed by atoms with Crippen LogP contribution in [0.4, 0.5) is 5.95 Å². The molecule has 21 heavy (non-hydrogen) atoms. The van der Waals surface area contributed by atoms with Crippen LogP contribution in [0.5, 0.6) is 0 Å². The number of nitrogens with zero attached hydrogens (tertiary/aromatic N) is 4. The van der Waals surface area contributed by atoms with Gasteiger partial charge in [0.15, 0.2) is 11.9 Å². The predicted octanol–water partition coefficient (Wildman–Crippen LogP) is -1.18. The lowest BCUT2D eigenvalue weighted by Gasteiger charge is -2.24. The topological polar surface area (TPSA) is 129 Å². The van der Waals surface area contributed by atoms with E-state index in [1.165, 1.54) is 12.5 Å². The molecule has 0 unspecified atom stereocenters. The summed E-state index contributed by atoms with van der Waals surface area (Å²) in [6.45, 7) is 0.240. The van der Waals surface area contributed by atoms with Crippen LogP contribution in [0.15, 0.2) is 12.5 Å². The lowest BCUT2D eigenvalue weighted by molar-refractivity contribution is -0.108. The summed E-state index contributed by atoms with van der Waals surface area (Å²) in [7, 11) is 0. The van der Waals surface area contributed by atoms with Crippen molar-refractivity contribution in [2.75, 3.05) is 18.9 Å². The molecule has 0 saturated carbocycles. The van der Waals surface area contributed by atoms with E-state index in [0.29, 0.717) is 24.2 Å². The minimum atomic E-state index is -0.923. The van der Waals surface area contributed by atoms with Crippen LogP contribution in [0.1, 0.15) is 12.6 Å². The fourth-order valence-electron chi connectivity index (χ4n) is 3.10. The van der Waals surface area contributed by atoms with Crippen molar-refractivity contribution in [1.29, 1.82) is 0 Å². The highest BCUT2D eigenvalue weighted by molar-refractivity contribution is 5.70. The molecule has 112 valence electrons. The van der Waals surface area contributed by atoms with Gasteiger partial charge in [-0.15, -0.1) is 0 Å². The lowest BCUT2D eigenvalue weighted by Crippen LogP contribution is -2.42. The Bertz CT molecular complexity index is 691. The third-order valence-corrected chi connectivity index (χ3v) is 4.18. The molecule has 9 nitrogen and oxygen atoms in total. The smallest absolute Gasteiger partial charge is 0.222 e. The number of nitrogens with two attached hydrogens (primary N) is 1. The van der Waals surface area contributed by atoms with E-state index in [1.54, 1.807) is 4.57 Å². The van der Waals surface area contributed by atoms with E-state index >= 15 is 0 Å². The molecule has 2 aliphatic heterocycles. The number of nitrogen functional groups attached to an aromatic ring is 1. The largest absolute Gasteiger partial charge is 0.393 e. The number of aromatic nitrogens is 4. The van der Waals surface area contributed by atoms with Crippen LogP contribution in [-0.2, 0) is 9.47 Å². The Labute approximate surface area is 119 Å². The van der Waals surface area contributed by atoms with Gasteiger partial charge in [-0.2, -0.15) is 4.98 Å². The van der Waals surface area contributed by atoms with Crippen molar-refractivity contribution in [2.24, 2.45) is 0 Å². The van der Waals surface area contributed by atoms with Gasteiger partial charge in [0.25, 0.3) is 0 Å². The van der Waals surface area contributed by atoms with Crippen LogP contribution < -0.4 is 5.73 Å². The van der Waals surface area contributed by atoms with Gasteiger partial charge in [-0.1, -0.05) is 0 Å². The van der Waals surface area contributed by atoms with Gasteiger partial charge in [-0.05, 0) is 0 Å². The Morgan fingerprint density at radius 1 is 1.48 bits per heavy atom. The Balaban J connectivity index is 1.78. The van der Waals surface area contributed by atoms with E-state index in [1.807, 2.05) is 0 Å². The molecule has 2 aromatic heterocycles. The lowest BCUT2D eigenvalue weighted by atomic mass is 9.95. The molecule has 0 aromatic carbocycles. The summed E-state index contributed by atoms with van der Waals surface area (Å²) in [5, 5.41) is 20.1. The molecular weight excluding hydrogens is 278 g/mol. The van der Waals surface area contributed by atoms with Gasteiger partial charge in [0.2, 0.25) is 5.95 Å². The maximum absolute atomic E-state index is 10.5. The average Bonchev–Trinajstić information content (AvgIpc) is 3.13. The SMILES string of the molecule is Nc1ncc2ncn([C@@H]3O[C@@]4(CO)CCO[C@H]4[C@H]3O)c2n1. The van der Waals surface area contributed by atoms with Crippen LogP contribution in [0, 0.1) is 0 Å². The number of fused-ring (bicyclic) bond motifs is 2. The summed E-state index contributed by atoms with van der Waals surface area (Å²) in [6.07, 6.45) is 1.33. The predicted molar refractivity (Wildman–Crippen MR) is 70.0 cm³/mol. The van der Waals surface area contributed by atoms with Gasteiger partial charge in [0.05, 0.1) is 25.7 Å². The minimum absolute atomic E-state index is 0.116. The van der Waals surface area contributed by atoms with Gasteiger partial charge >= 0.3 is 0 Å². The molecule has 4 heterocycles. The van der Waals surface area contributed by atoms with E-state index in [4.69, 9.17) is 15.2 Å². The summed E-state index contributed by atoms with van der Waals surface area (Å²) in [6, 6.07) is 0. The summed E-state index contributed by atoms with van der Waals surface area (Å²) in [5.41, 5.74) is 5.75. The molecule has 0 bridgehead atoms. The number of aliphatic hydroxyl groups is 2. The summed E-state index contributed by atoms with van der Waals surface area (Å²) in [5.74, 6) is 0.116. The summed E-state index contributed by atoms with van der Waals surface area (Å²) >= 11 is 0. The summed E-state index contributed by atoms with van der Waals surface area (Å²) < 4.78 is 13.0. The van der Waals surface area contributed by atoms with Crippen LogP contribution in [-0.4, -0.2) is 60.8 Å². The van der Waals surface area contributed by atoms with Crippen molar-refractivity contribution in [3.63, 3.8) is 0 Å². The van der Waals surface area contributed by atoms with E-state index in [-0.39, 0.29) is 12.6 Å². The monoisotopic (exact) mass is 293 g/mol. The standard InChI is InChI=1S/C12H15N5O4/c13-11-14-3-6-9(16-11)17(5-15-6)10-7(19)8-12(4-18,21-10)1-2-20-8/h3,5,7-8,10,18-19H,1-2,4H2,(H2,13,14,16)/t7-,8+,10-,12-/m1/s1. The van der Waals surface area contributed by atoms with Gasteiger partial charge in [-0.3, -0.25) is 4.57 Å². The first kappa shape index (κ1) is 12.9. The molecule has 9 heteroatoms. The zero-order valence-corrected chi connectivity index (χ0v) is 11.1. The molecular formula is C12H15N5O4. The first-order valence-electron chi connectivity index (χ1n) is 6.68. The zero-order valence-electron chi connectivity index (χ0n) is 11.1. The Hall–Kier alpha value is -1.81. The molecule has 0 spiro atoms. The molecule has 2 aromatic rings. The number of imidazole rings is 1. The van der Waals surface area contributed by atoms with Gasteiger partial charge in [0, 0.05) is 6.42 Å². The number of hydrogen-bond acceptors (Lipinski definition) is 8. The quantitative estimate of drug-likeness (QED) is 0.631. The molecule has 2 saturated heterocycles. The Morgan fingerprint density at radius 2 is 2.33 bits per heavy atom. The fourth-order valence-corrected chi connectivity index (χ4v) is 3.10. The highest BCUT2D eigenvalue weighted by atomic mass is 16.6. The number of hydrogen-bond donors (Lipinski definition) is 3. The van der Waals surface area contributed by atoms with Gasteiger partial charge in [-0.25, -0.2) is 9.97 Å². The summed E-state index contributed by atoms with van der Waals surface area (Å²) in [4.78, 5) is 12.2. The number of aliphatic hydroxyl groups excluding tert-OH is 2. The number of anilines is 1. The first-order chi connectivity index (χ1) is 10.1. The highest BCUT2D eigenvalue weighted by Crippen LogP contribution is 2.45. The molecule has 0 aliphatic carbocycles. The van der Waals surface area contributed by atoms with Crippen LogP contribution in [0.3, 0.4) is 0 Å². The van der Waals surface area contributed by atoms with Gasteiger partial charge in [0.1, 0.15) is 23.3 Å². The van der Waals surface area contributed by atoms with E-state index in [2.05, 4.69) is 15.0 Å². The normalized spacial score (nSPS) is 35.4. The first-order valence-corrected chi connectivity index (χ1v) is 6.68. The maximum atomic E-state index is 10.5. The molecule has 0 radical (unpaired) electrons. The van der Waals surface area contributed by atoms with Crippen molar-refractivity contribution in [2.45, 2.75) is 30.5 Å². The number of ether oxygens (including phenoxy) is 2. The molecule has 2 fully saturated rings. The molecule has 0 amide bonds. The molecule has 4 atom stereocenters. The van der Waals surface area contributed by atoms with Crippen molar-refractivity contribution in [1.82, 2.24) is 19.5 Å². The van der Waals surface area contributed by atoms with Crippen LogP contribution in [0.25, 0.3) is 11.2 Å². The molecule has 2 aliphatic rings. The van der Waals surface area contributed by atoms with E-state index in [0.717, 1.165) is 0 Å². The Kier molecular flexibility index (Phi) is 2.67. The molecule has 4 N–H and O–H groups in total. The van der Waals surface area contributed by atoms with Gasteiger partial charge < -0.3 is 25.4 Å². The third-order valence-electron chi connectivity index (χ3n) is 4.18. The van der Waals surface area contributed by atoms with Crippen molar-refractivity contribution in [3.05, 3.63) is 12.5 Å². The second-order valence-corrected chi connectivity index (χ2v) is 5.35. The third kappa shape index (κ3) is 1.69. The minimum Gasteiger partial charge on any atom is -0.393 e. The van der Waals surface area contributed by atoms with Crippen molar-refractivity contribution < 1.29 is 19.7 Å². The van der Waals surface area contributed by atoms with Crippen molar-refractivity contribution >= 4 is 17.1 Å². The Morgan fingerprint density at radius 3 is 3.10 bits per heavy atom. The second kappa shape index (κ2) is 4.34. The van der Waals surface area contributed by atoms with Crippen LogP contribution in [0.2, 0.25) is 0 Å². The van der Waals surface area contributed by atoms with E-state index in [9.17, 15) is 10.2 Å². The molecule has 4 rings (SSSR count). The second-order valence-electron chi connectivity index (χ2n) is 5.35. The zero-order chi connectivity index (χ0) is 14.6. The van der Waals surface area contributed by atoms with E-state index < -0.39 is 24.0 Å². The average molecular weight is 293 g/mol.